The van der Waals surface area contributed by atoms with Gasteiger partial charge in [0.1, 0.15) is 0 Å². The van der Waals surface area contributed by atoms with Crippen LogP contribution < -0.4 is 10.6 Å². The highest BCUT2D eigenvalue weighted by Crippen LogP contribution is 2.30. The average Bonchev–Trinajstić information content (AvgIpc) is 3.48. The van der Waals surface area contributed by atoms with Crippen molar-refractivity contribution in [3.8, 4) is 0 Å². The van der Waals surface area contributed by atoms with Crippen LogP contribution in [0.15, 0.2) is 48.7 Å². The molecule has 0 saturated carbocycles. The maximum absolute atomic E-state index is 13.4. The number of aryl methyl sites for hydroxylation is 1. The van der Waals surface area contributed by atoms with Crippen molar-refractivity contribution in [1.29, 1.82) is 5.41 Å². The van der Waals surface area contributed by atoms with Crippen molar-refractivity contribution in [1.82, 2.24) is 15.1 Å². The van der Waals surface area contributed by atoms with E-state index >= 15 is 0 Å². The maximum atomic E-state index is 13.4. The molecule has 2 aromatic rings. The van der Waals surface area contributed by atoms with Gasteiger partial charge in [0.2, 0.25) is 5.91 Å². The molecule has 4 rings (SSSR count). The number of allylic oxidation sites excluding steroid dienone is 1. The van der Waals surface area contributed by atoms with Crippen molar-refractivity contribution >= 4 is 29.3 Å². The molecule has 2 aliphatic heterocycles. The first-order chi connectivity index (χ1) is 19.9. The van der Waals surface area contributed by atoms with Gasteiger partial charge < -0.3 is 25.8 Å². The van der Waals surface area contributed by atoms with Gasteiger partial charge in [-0.15, -0.1) is 0 Å². The minimum absolute atomic E-state index is 0.00375. The zero-order valence-corrected chi connectivity index (χ0v) is 25.0. The first kappa shape index (κ1) is 30.5. The fraction of sp³-hybridized carbons (Fsp3) is 0.500. The Labute approximate surface area is 245 Å². The molecule has 7 heteroatoms. The Hall–Kier alpha value is -3.45. The van der Waals surface area contributed by atoms with Gasteiger partial charge in [0, 0.05) is 55.9 Å². The summed E-state index contributed by atoms with van der Waals surface area (Å²) in [4.78, 5) is 30.9. The number of piperidine rings is 1. The van der Waals surface area contributed by atoms with Gasteiger partial charge >= 0.3 is 0 Å². The molecule has 1 unspecified atom stereocenters. The molecular weight excluding hydrogens is 510 g/mol. The molecule has 1 atom stereocenters. The van der Waals surface area contributed by atoms with Gasteiger partial charge in [0.25, 0.3) is 5.91 Å². The van der Waals surface area contributed by atoms with E-state index in [0.717, 1.165) is 61.3 Å². The second-order valence-corrected chi connectivity index (χ2v) is 11.6. The third-order valence-electron chi connectivity index (χ3n) is 8.67. The number of nitrogens with one attached hydrogen (secondary N) is 3. The third-order valence-corrected chi connectivity index (χ3v) is 8.67. The summed E-state index contributed by atoms with van der Waals surface area (Å²) in [5.41, 5.74) is 5.49. The van der Waals surface area contributed by atoms with Crippen molar-refractivity contribution in [3.05, 3.63) is 70.9 Å². The molecule has 2 heterocycles. The Bertz CT molecular complexity index is 1210. The predicted molar refractivity (Wildman–Crippen MR) is 169 cm³/mol. The Balaban J connectivity index is 1.30. The molecule has 41 heavy (non-hydrogen) atoms. The molecule has 2 aliphatic rings. The van der Waals surface area contributed by atoms with Crippen molar-refractivity contribution in [2.24, 2.45) is 5.92 Å². The molecule has 0 aliphatic carbocycles. The highest BCUT2D eigenvalue weighted by atomic mass is 16.2. The topological polar surface area (TPSA) is 88.5 Å². The van der Waals surface area contributed by atoms with Gasteiger partial charge in [-0.1, -0.05) is 56.5 Å². The molecule has 0 aromatic heterocycles. The lowest BCUT2D eigenvalue weighted by molar-refractivity contribution is -0.119. The van der Waals surface area contributed by atoms with Crippen LogP contribution in [-0.4, -0.2) is 67.6 Å². The van der Waals surface area contributed by atoms with E-state index in [1.165, 1.54) is 37.5 Å². The number of unbranched alkanes of at least 4 members (excludes halogenated alkanes) is 3. The molecule has 0 radical (unpaired) electrons. The fourth-order valence-corrected chi connectivity index (χ4v) is 6.05. The molecular formula is C34H47N5O2. The zero-order valence-electron chi connectivity index (χ0n) is 25.0. The molecule has 0 bridgehead atoms. The van der Waals surface area contributed by atoms with Gasteiger partial charge in [-0.3, -0.25) is 9.59 Å². The summed E-state index contributed by atoms with van der Waals surface area (Å²) in [6.45, 7) is 8.52. The number of benzene rings is 2. The number of likely N-dealkylation sites (tertiary alicyclic amines) is 2. The van der Waals surface area contributed by atoms with Gasteiger partial charge in [0.05, 0.1) is 5.92 Å². The van der Waals surface area contributed by atoms with Gasteiger partial charge in [-0.05, 0) is 80.4 Å². The number of hydrogen-bond acceptors (Lipinski definition) is 5. The van der Waals surface area contributed by atoms with Crippen LogP contribution in [0.25, 0.3) is 5.57 Å². The number of rotatable bonds is 12. The Morgan fingerprint density at radius 1 is 0.976 bits per heavy atom. The van der Waals surface area contributed by atoms with Crippen LogP contribution in [0.5, 0.6) is 0 Å². The number of carbonyl (C=O) groups is 2. The molecule has 7 nitrogen and oxygen atoms in total. The van der Waals surface area contributed by atoms with E-state index < -0.39 is 0 Å². The molecule has 2 aromatic carbocycles. The molecule has 2 amide bonds. The number of nitrogens with zero attached hydrogens (tertiary/aromatic N) is 2. The monoisotopic (exact) mass is 557 g/mol. The lowest BCUT2D eigenvalue weighted by Crippen LogP contribution is -2.38. The van der Waals surface area contributed by atoms with E-state index in [1.807, 2.05) is 43.3 Å². The number of hydrogen-bond donors (Lipinski definition) is 3. The largest absolute Gasteiger partial charge is 0.393 e. The zero-order chi connectivity index (χ0) is 29.2. The quantitative estimate of drug-likeness (QED) is 0.218. The van der Waals surface area contributed by atoms with E-state index in [-0.39, 0.29) is 17.7 Å². The predicted octanol–water partition coefficient (Wildman–Crippen LogP) is 6.07. The second-order valence-electron chi connectivity index (χ2n) is 11.6. The van der Waals surface area contributed by atoms with Gasteiger partial charge in [0.15, 0.2) is 0 Å². The third kappa shape index (κ3) is 8.07. The molecule has 3 N–H and O–H groups in total. The van der Waals surface area contributed by atoms with Crippen molar-refractivity contribution in [3.63, 3.8) is 0 Å². The van der Waals surface area contributed by atoms with E-state index in [1.54, 1.807) is 0 Å². The highest BCUT2D eigenvalue weighted by molar-refractivity contribution is 6.08. The summed E-state index contributed by atoms with van der Waals surface area (Å²) < 4.78 is 0. The smallest absolute Gasteiger partial charge is 0.253 e. The molecule has 2 fully saturated rings. The van der Waals surface area contributed by atoms with Crippen LogP contribution in [0, 0.1) is 18.3 Å². The maximum Gasteiger partial charge on any atom is 0.253 e. The summed E-state index contributed by atoms with van der Waals surface area (Å²) in [6.07, 6.45) is 10.9. The summed E-state index contributed by atoms with van der Waals surface area (Å²) >= 11 is 0. The molecule has 0 spiro atoms. The second kappa shape index (κ2) is 15.0. The van der Waals surface area contributed by atoms with Crippen LogP contribution in [0.2, 0.25) is 0 Å². The summed E-state index contributed by atoms with van der Waals surface area (Å²) in [5.74, 6) is 0.510. The average molecular weight is 558 g/mol. The van der Waals surface area contributed by atoms with Crippen LogP contribution >= 0.6 is 0 Å². The van der Waals surface area contributed by atoms with E-state index in [2.05, 4.69) is 46.7 Å². The SMILES string of the molecule is CCCCCCN1CCC(C(=O)Nc2cc(C(=O)N3CCC(c4ccc(/C(C=N)=C/NC)cc4)CC3)ccc2C)C1. The van der Waals surface area contributed by atoms with Crippen LogP contribution in [0.1, 0.15) is 84.8 Å². The highest BCUT2D eigenvalue weighted by Gasteiger charge is 2.29. The van der Waals surface area contributed by atoms with Crippen LogP contribution in [-0.2, 0) is 4.79 Å². The van der Waals surface area contributed by atoms with Crippen molar-refractivity contribution in [2.75, 3.05) is 45.1 Å². The number of anilines is 1. The van der Waals surface area contributed by atoms with E-state index in [4.69, 9.17) is 5.41 Å². The van der Waals surface area contributed by atoms with Crippen LogP contribution in [0.3, 0.4) is 0 Å². The Morgan fingerprint density at radius 3 is 2.39 bits per heavy atom. The molecule has 220 valence electrons. The fourth-order valence-electron chi connectivity index (χ4n) is 6.05. The summed E-state index contributed by atoms with van der Waals surface area (Å²) in [5, 5.41) is 13.8. The standard InChI is InChI=1S/C34H47N5O2/c1-4-5-6-7-17-38-18-14-30(24-38)33(40)37-32-21-29(9-8-25(32)2)34(41)39-19-15-28(16-20-39)26-10-12-27(13-11-26)31(22-35)23-36-3/h8-13,21-23,28,30,35-36H,4-7,14-20,24H2,1-3H3,(H,37,40)/b31-23+,35-22?. The van der Waals surface area contributed by atoms with E-state index in [9.17, 15) is 9.59 Å². The first-order valence-electron chi connectivity index (χ1n) is 15.3. The normalized spacial score (nSPS) is 18.4. The van der Waals surface area contributed by atoms with Gasteiger partial charge in [-0.2, -0.15) is 0 Å². The number of amides is 2. The lowest BCUT2D eigenvalue weighted by Gasteiger charge is -2.32. The van der Waals surface area contributed by atoms with Crippen molar-refractivity contribution < 1.29 is 9.59 Å². The van der Waals surface area contributed by atoms with Crippen molar-refractivity contribution in [2.45, 2.75) is 64.7 Å². The molecule has 2 saturated heterocycles. The summed E-state index contributed by atoms with van der Waals surface area (Å²) in [6, 6.07) is 14.1. The summed E-state index contributed by atoms with van der Waals surface area (Å²) in [7, 11) is 1.83. The first-order valence-corrected chi connectivity index (χ1v) is 15.3. The minimum atomic E-state index is 0.00375. The van der Waals surface area contributed by atoms with Crippen LogP contribution in [0.4, 0.5) is 5.69 Å². The minimum Gasteiger partial charge on any atom is -0.393 e. The van der Waals surface area contributed by atoms with Gasteiger partial charge in [-0.25, -0.2) is 0 Å². The number of carbonyl (C=O) groups excluding carboxylic acids is 2. The lowest BCUT2D eigenvalue weighted by atomic mass is 9.88. The van der Waals surface area contributed by atoms with E-state index in [0.29, 0.717) is 24.6 Å². The Kier molecular flexibility index (Phi) is 11.1. The Morgan fingerprint density at radius 2 is 1.71 bits per heavy atom.